The van der Waals surface area contributed by atoms with E-state index >= 15 is 0 Å². The third kappa shape index (κ3) is 3.24. The molecule has 1 heterocycles. The van der Waals surface area contributed by atoms with Crippen LogP contribution in [-0.2, 0) is 0 Å². The van der Waals surface area contributed by atoms with Crippen LogP contribution in [0.3, 0.4) is 0 Å². The molecule has 0 fully saturated rings. The Labute approximate surface area is 151 Å². The first kappa shape index (κ1) is 17.4. The van der Waals surface area contributed by atoms with Crippen LogP contribution in [0.1, 0.15) is 31.4 Å². The highest BCUT2D eigenvalue weighted by Crippen LogP contribution is 2.36. The monoisotopic (exact) mass is 356 g/mol. The Hall–Kier alpha value is -2.40. The van der Waals surface area contributed by atoms with Crippen LogP contribution in [0.5, 0.6) is 11.5 Å². The first-order valence-corrected chi connectivity index (χ1v) is 8.75. The maximum absolute atomic E-state index is 12.7. The standard InChI is InChI=1S/C20H20O4S/c1-4-22-13-10-15(23-5-2)19-12(3)18(20(21)24-16(19)11-13)14-8-6-7-9-17(14)25/h6-8,10-11H,4-5,9H2,1-3H3. The molecule has 1 aliphatic rings. The Morgan fingerprint density at radius 2 is 1.96 bits per heavy atom. The summed E-state index contributed by atoms with van der Waals surface area (Å²) in [5.41, 5.74) is 2.12. The molecule has 0 saturated carbocycles. The van der Waals surface area contributed by atoms with Crippen molar-refractivity contribution in [1.29, 1.82) is 0 Å². The summed E-state index contributed by atoms with van der Waals surface area (Å²) in [6.45, 7) is 6.74. The zero-order chi connectivity index (χ0) is 18.0. The zero-order valence-electron chi connectivity index (χ0n) is 14.5. The highest BCUT2D eigenvalue weighted by molar-refractivity contribution is 7.81. The van der Waals surface area contributed by atoms with Gasteiger partial charge >= 0.3 is 5.63 Å². The molecule has 1 aromatic carbocycles. The minimum absolute atomic E-state index is 0.398. The predicted molar refractivity (Wildman–Crippen MR) is 104 cm³/mol. The van der Waals surface area contributed by atoms with Crippen molar-refractivity contribution in [3.8, 4) is 11.5 Å². The van der Waals surface area contributed by atoms with E-state index < -0.39 is 5.63 Å². The second kappa shape index (κ2) is 7.23. The van der Waals surface area contributed by atoms with Crippen LogP contribution in [0, 0.1) is 6.92 Å². The van der Waals surface area contributed by atoms with Gasteiger partial charge in [0.25, 0.3) is 0 Å². The smallest absolute Gasteiger partial charge is 0.344 e. The summed E-state index contributed by atoms with van der Waals surface area (Å²) in [5, 5.41) is 0.776. The Bertz CT molecular complexity index is 950. The summed E-state index contributed by atoms with van der Waals surface area (Å²) in [7, 11) is 0. The molecule has 25 heavy (non-hydrogen) atoms. The van der Waals surface area contributed by atoms with Crippen LogP contribution in [-0.4, -0.2) is 18.1 Å². The van der Waals surface area contributed by atoms with Gasteiger partial charge in [-0.25, -0.2) is 4.79 Å². The molecule has 130 valence electrons. The van der Waals surface area contributed by atoms with E-state index in [1.165, 1.54) is 0 Å². The molecule has 5 heteroatoms. The van der Waals surface area contributed by atoms with Gasteiger partial charge in [0, 0.05) is 29.0 Å². The van der Waals surface area contributed by atoms with Gasteiger partial charge < -0.3 is 13.9 Å². The molecule has 0 amide bonds. The van der Waals surface area contributed by atoms with Crippen molar-refractivity contribution < 1.29 is 13.9 Å². The number of ether oxygens (including phenoxy) is 2. The minimum atomic E-state index is -0.398. The second-order valence-electron chi connectivity index (χ2n) is 5.69. The van der Waals surface area contributed by atoms with Crippen LogP contribution in [0.2, 0.25) is 0 Å². The Kier molecular flexibility index (Phi) is 5.04. The minimum Gasteiger partial charge on any atom is -0.494 e. The van der Waals surface area contributed by atoms with Crippen molar-refractivity contribution in [3.63, 3.8) is 0 Å². The predicted octanol–water partition coefficient (Wildman–Crippen LogP) is 4.61. The molecule has 4 nitrogen and oxygen atoms in total. The second-order valence-corrected chi connectivity index (χ2v) is 6.18. The summed E-state index contributed by atoms with van der Waals surface area (Å²) in [6, 6.07) is 3.56. The SMILES string of the molecule is CCOc1cc(OCC)c2c(C)c(C3=CC=CCC3=S)c(=O)oc2c1. The average Bonchev–Trinajstić information content (AvgIpc) is 2.56. The highest BCUT2D eigenvalue weighted by Gasteiger charge is 2.21. The summed E-state index contributed by atoms with van der Waals surface area (Å²) in [6.07, 6.45) is 6.41. The summed E-state index contributed by atoms with van der Waals surface area (Å²) >= 11 is 5.44. The van der Waals surface area contributed by atoms with E-state index in [0.29, 0.717) is 42.3 Å². The molecule has 1 aliphatic carbocycles. The normalized spacial score (nSPS) is 13.9. The first-order valence-electron chi connectivity index (χ1n) is 8.34. The lowest BCUT2D eigenvalue weighted by molar-refractivity contribution is 0.325. The fourth-order valence-electron chi connectivity index (χ4n) is 3.04. The number of hydrogen-bond donors (Lipinski definition) is 0. The molecule has 0 spiro atoms. The molecule has 0 N–H and O–H groups in total. The van der Waals surface area contributed by atoms with Crippen LogP contribution in [0.4, 0.5) is 0 Å². The molecule has 3 rings (SSSR count). The van der Waals surface area contributed by atoms with Crippen molar-refractivity contribution in [3.05, 3.63) is 51.9 Å². The lowest BCUT2D eigenvalue weighted by atomic mass is 9.93. The van der Waals surface area contributed by atoms with Crippen molar-refractivity contribution in [2.45, 2.75) is 27.2 Å². The van der Waals surface area contributed by atoms with Gasteiger partial charge in [-0.05, 0) is 26.3 Å². The molecule has 0 unspecified atom stereocenters. The fraction of sp³-hybridized carbons (Fsp3) is 0.300. The highest BCUT2D eigenvalue weighted by atomic mass is 32.1. The maximum Gasteiger partial charge on any atom is 0.344 e. The van der Waals surface area contributed by atoms with Crippen molar-refractivity contribution in [2.24, 2.45) is 0 Å². The molecule has 0 saturated heterocycles. The number of benzene rings is 1. The number of fused-ring (bicyclic) bond motifs is 1. The van der Waals surface area contributed by atoms with E-state index in [9.17, 15) is 4.79 Å². The molecule has 0 atom stereocenters. The average molecular weight is 356 g/mol. The molecule has 0 aliphatic heterocycles. The van der Waals surface area contributed by atoms with Gasteiger partial charge in [0.2, 0.25) is 0 Å². The van der Waals surface area contributed by atoms with Gasteiger partial charge in [0.05, 0.1) is 24.2 Å². The van der Waals surface area contributed by atoms with Crippen molar-refractivity contribution >= 4 is 33.6 Å². The number of thiocarbonyl (C=S) groups is 1. The summed E-state index contributed by atoms with van der Waals surface area (Å²) in [4.78, 5) is 13.4. The van der Waals surface area contributed by atoms with Gasteiger partial charge in [-0.15, -0.1) is 0 Å². The Morgan fingerprint density at radius 1 is 1.20 bits per heavy atom. The third-order valence-corrected chi connectivity index (χ3v) is 4.47. The van der Waals surface area contributed by atoms with Gasteiger partial charge in [-0.3, -0.25) is 0 Å². The van der Waals surface area contributed by atoms with Gasteiger partial charge in [0.1, 0.15) is 17.1 Å². The molecule has 0 radical (unpaired) electrons. The van der Waals surface area contributed by atoms with E-state index in [4.69, 9.17) is 26.1 Å². The lowest BCUT2D eigenvalue weighted by Gasteiger charge is -2.16. The topological polar surface area (TPSA) is 48.7 Å². The third-order valence-electron chi connectivity index (χ3n) is 4.08. The summed E-state index contributed by atoms with van der Waals surface area (Å²) < 4.78 is 17.0. The number of allylic oxidation sites excluding steroid dienone is 4. The van der Waals surface area contributed by atoms with E-state index in [1.54, 1.807) is 6.07 Å². The van der Waals surface area contributed by atoms with E-state index in [2.05, 4.69) is 0 Å². The van der Waals surface area contributed by atoms with Crippen molar-refractivity contribution in [1.82, 2.24) is 0 Å². The number of hydrogen-bond acceptors (Lipinski definition) is 5. The Morgan fingerprint density at radius 3 is 2.64 bits per heavy atom. The first-order chi connectivity index (χ1) is 12.1. The lowest BCUT2D eigenvalue weighted by Crippen LogP contribution is -2.15. The maximum atomic E-state index is 12.7. The van der Waals surface area contributed by atoms with Gasteiger partial charge in [0.15, 0.2) is 0 Å². The van der Waals surface area contributed by atoms with E-state index in [0.717, 1.165) is 21.4 Å². The van der Waals surface area contributed by atoms with Crippen LogP contribution in [0.15, 0.2) is 39.6 Å². The number of rotatable bonds is 5. The largest absolute Gasteiger partial charge is 0.494 e. The number of aryl methyl sites for hydroxylation is 1. The van der Waals surface area contributed by atoms with E-state index in [-0.39, 0.29) is 0 Å². The Balaban J connectivity index is 2.31. The fourth-order valence-corrected chi connectivity index (χ4v) is 3.31. The molecule has 1 aromatic heterocycles. The van der Waals surface area contributed by atoms with Crippen molar-refractivity contribution in [2.75, 3.05) is 13.2 Å². The summed E-state index contributed by atoms with van der Waals surface area (Å²) in [5.74, 6) is 1.26. The molecule has 2 aromatic rings. The quantitative estimate of drug-likeness (QED) is 0.578. The molecule has 0 bridgehead atoms. The van der Waals surface area contributed by atoms with Crippen LogP contribution in [0.25, 0.3) is 16.5 Å². The van der Waals surface area contributed by atoms with Crippen LogP contribution < -0.4 is 15.1 Å². The van der Waals surface area contributed by atoms with Crippen LogP contribution >= 0.6 is 12.2 Å². The van der Waals surface area contributed by atoms with Gasteiger partial charge in [-0.2, -0.15) is 0 Å². The molecular weight excluding hydrogens is 336 g/mol. The molecular formula is C20H20O4S. The van der Waals surface area contributed by atoms with E-state index in [1.807, 2.05) is 45.1 Å². The van der Waals surface area contributed by atoms with Gasteiger partial charge in [-0.1, -0.05) is 30.4 Å². The zero-order valence-corrected chi connectivity index (χ0v) is 15.4.